The minimum atomic E-state index is -0.370. The van der Waals surface area contributed by atoms with Crippen molar-refractivity contribution in [1.82, 2.24) is 0 Å². The molecule has 0 aliphatic carbocycles. The second-order valence-corrected chi connectivity index (χ2v) is 5.08. The van der Waals surface area contributed by atoms with E-state index in [2.05, 4.69) is 20.8 Å². The van der Waals surface area contributed by atoms with E-state index in [1.165, 1.54) is 7.11 Å². The SMILES string of the molecule is COC(=O)c1cccc2cc(C(C)(C)C)oc12. The molecular weight excluding hydrogens is 216 g/mol. The van der Waals surface area contributed by atoms with Gasteiger partial charge in [0.05, 0.1) is 7.11 Å². The monoisotopic (exact) mass is 232 g/mol. The maximum atomic E-state index is 11.6. The zero-order valence-corrected chi connectivity index (χ0v) is 10.5. The van der Waals surface area contributed by atoms with Crippen LogP contribution in [-0.4, -0.2) is 13.1 Å². The molecule has 0 unspecified atom stereocenters. The Hall–Kier alpha value is -1.77. The zero-order chi connectivity index (χ0) is 12.6. The Morgan fingerprint density at radius 2 is 2.00 bits per heavy atom. The summed E-state index contributed by atoms with van der Waals surface area (Å²) in [4.78, 5) is 11.6. The van der Waals surface area contributed by atoms with Crippen molar-refractivity contribution in [3.63, 3.8) is 0 Å². The maximum absolute atomic E-state index is 11.6. The fourth-order valence-electron chi connectivity index (χ4n) is 1.70. The molecule has 0 saturated carbocycles. The molecule has 0 aliphatic heterocycles. The molecule has 0 saturated heterocycles. The first-order chi connectivity index (χ1) is 7.93. The van der Waals surface area contributed by atoms with Crippen LogP contribution in [0.5, 0.6) is 0 Å². The zero-order valence-electron chi connectivity index (χ0n) is 10.5. The second-order valence-electron chi connectivity index (χ2n) is 5.08. The lowest BCUT2D eigenvalue weighted by atomic mass is 9.93. The molecule has 0 radical (unpaired) electrons. The predicted octanol–water partition coefficient (Wildman–Crippen LogP) is 3.52. The number of fused-ring (bicyclic) bond motifs is 1. The van der Waals surface area contributed by atoms with Gasteiger partial charge in [0.1, 0.15) is 16.9 Å². The Balaban J connectivity index is 2.65. The van der Waals surface area contributed by atoms with Crippen molar-refractivity contribution in [3.8, 4) is 0 Å². The Morgan fingerprint density at radius 3 is 2.59 bits per heavy atom. The number of esters is 1. The van der Waals surface area contributed by atoms with Gasteiger partial charge >= 0.3 is 5.97 Å². The summed E-state index contributed by atoms with van der Waals surface area (Å²) in [5, 5.41) is 0.929. The summed E-state index contributed by atoms with van der Waals surface area (Å²) in [6, 6.07) is 7.45. The quantitative estimate of drug-likeness (QED) is 0.706. The Labute approximate surface area is 100 Å². The summed E-state index contributed by atoms with van der Waals surface area (Å²) < 4.78 is 10.5. The molecule has 2 rings (SSSR count). The normalized spacial score (nSPS) is 11.8. The molecule has 90 valence electrons. The summed E-state index contributed by atoms with van der Waals surface area (Å²) in [7, 11) is 1.37. The smallest absolute Gasteiger partial charge is 0.341 e. The number of hydrogen-bond donors (Lipinski definition) is 0. The van der Waals surface area contributed by atoms with Crippen molar-refractivity contribution >= 4 is 16.9 Å². The highest BCUT2D eigenvalue weighted by atomic mass is 16.5. The molecule has 0 fully saturated rings. The highest BCUT2D eigenvalue weighted by molar-refractivity contribution is 6.02. The highest BCUT2D eigenvalue weighted by Gasteiger charge is 2.21. The van der Waals surface area contributed by atoms with Gasteiger partial charge in [0.15, 0.2) is 0 Å². The first-order valence-electron chi connectivity index (χ1n) is 5.55. The molecule has 1 aromatic heterocycles. The van der Waals surface area contributed by atoms with E-state index in [1.54, 1.807) is 6.07 Å². The van der Waals surface area contributed by atoms with Gasteiger partial charge in [-0.3, -0.25) is 0 Å². The van der Waals surface area contributed by atoms with E-state index in [0.29, 0.717) is 11.1 Å². The molecule has 2 aromatic rings. The molecule has 0 aliphatic rings. The summed E-state index contributed by atoms with van der Waals surface area (Å²) in [5.41, 5.74) is 0.997. The van der Waals surface area contributed by atoms with E-state index in [4.69, 9.17) is 9.15 Å². The fraction of sp³-hybridized carbons (Fsp3) is 0.357. The summed E-state index contributed by atoms with van der Waals surface area (Å²) in [5.74, 6) is 0.495. The van der Waals surface area contributed by atoms with Gasteiger partial charge in [-0.1, -0.05) is 32.9 Å². The van der Waals surface area contributed by atoms with Crippen molar-refractivity contribution in [3.05, 3.63) is 35.6 Å². The Morgan fingerprint density at radius 1 is 1.29 bits per heavy atom. The van der Waals surface area contributed by atoms with Crippen LogP contribution in [-0.2, 0) is 10.2 Å². The van der Waals surface area contributed by atoms with E-state index in [9.17, 15) is 4.79 Å². The van der Waals surface area contributed by atoms with Crippen molar-refractivity contribution < 1.29 is 13.9 Å². The van der Waals surface area contributed by atoms with Gasteiger partial charge in [0.2, 0.25) is 0 Å². The van der Waals surface area contributed by atoms with Gasteiger partial charge in [-0.05, 0) is 12.1 Å². The van der Waals surface area contributed by atoms with Crippen LogP contribution in [0.4, 0.5) is 0 Å². The average Bonchev–Trinajstić information content (AvgIpc) is 2.71. The van der Waals surface area contributed by atoms with E-state index in [-0.39, 0.29) is 11.4 Å². The standard InChI is InChI=1S/C14H16O3/c1-14(2,3)11-8-9-6-5-7-10(12(9)17-11)13(15)16-4/h5-8H,1-4H3. The number of methoxy groups -OCH3 is 1. The van der Waals surface area contributed by atoms with E-state index in [1.807, 2.05) is 18.2 Å². The summed E-state index contributed by atoms with van der Waals surface area (Å²) >= 11 is 0. The van der Waals surface area contributed by atoms with Gasteiger partial charge in [0, 0.05) is 10.8 Å². The van der Waals surface area contributed by atoms with Gasteiger partial charge in [0.25, 0.3) is 0 Å². The number of carbonyl (C=O) groups excluding carboxylic acids is 1. The van der Waals surface area contributed by atoms with Crippen LogP contribution in [0.15, 0.2) is 28.7 Å². The van der Waals surface area contributed by atoms with E-state index < -0.39 is 0 Å². The van der Waals surface area contributed by atoms with Gasteiger partial charge < -0.3 is 9.15 Å². The second kappa shape index (κ2) is 3.91. The van der Waals surface area contributed by atoms with Gasteiger partial charge in [-0.2, -0.15) is 0 Å². The van der Waals surface area contributed by atoms with Crippen LogP contribution in [0, 0.1) is 0 Å². The average molecular weight is 232 g/mol. The van der Waals surface area contributed by atoms with Crippen LogP contribution in [0.25, 0.3) is 11.0 Å². The van der Waals surface area contributed by atoms with Gasteiger partial charge in [-0.15, -0.1) is 0 Å². The summed E-state index contributed by atoms with van der Waals surface area (Å²) in [6.07, 6.45) is 0. The molecule has 0 amide bonds. The van der Waals surface area contributed by atoms with Crippen LogP contribution in [0.1, 0.15) is 36.9 Å². The van der Waals surface area contributed by atoms with E-state index >= 15 is 0 Å². The molecule has 1 aromatic carbocycles. The molecule has 1 heterocycles. The number of benzene rings is 1. The first kappa shape index (κ1) is 11.7. The molecule has 0 spiro atoms. The van der Waals surface area contributed by atoms with Crippen molar-refractivity contribution in [2.24, 2.45) is 0 Å². The third kappa shape index (κ3) is 2.05. The predicted molar refractivity (Wildman–Crippen MR) is 66.3 cm³/mol. The summed E-state index contributed by atoms with van der Waals surface area (Å²) in [6.45, 7) is 6.22. The van der Waals surface area contributed by atoms with Crippen LogP contribution < -0.4 is 0 Å². The van der Waals surface area contributed by atoms with Crippen molar-refractivity contribution in [2.75, 3.05) is 7.11 Å². The lowest BCUT2D eigenvalue weighted by molar-refractivity contribution is 0.0601. The van der Waals surface area contributed by atoms with Crippen molar-refractivity contribution in [2.45, 2.75) is 26.2 Å². The van der Waals surface area contributed by atoms with Gasteiger partial charge in [-0.25, -0.2) is 4.79 Å². The topological polar surface area (TPSA) is 39.4 Å². The van der Waals surface area contributed by atoms with Crippen LogP contribution >= 0.6 is 0 Å². The maximum Gasteiger partial charge on any atom is 0.341 e. The molecule has 0 N–H and O–H groups in total. The minimum absolute atomic E-state index is 0.0770. The Kier molecular flexibility index (Phi) is 2.69. The largest absolute Gasteiger partial charge is 0.465 e. The van der Waals surface area contributed by atoms with Crippen LogP contribution in [0.2, 0.25) is 0 Å². The van der Waals surface area contributed by atoms with Crippen LogP contribution in [0.3, 0.4) is 0 Å². The van der Waals surface area contributed by atoms with Crippen molar-refractivity contribution in [1.29, 1.82) is 0 Å². The molecule has 3 heteroatoms. The lowest BCUT2D eigenvalue weighted by Gasteiger charge is -2.13. The third-order valence-corrected chi connectivity index (χ3v) is 2.69. The number of ether oxygens (including phenoxy) is 1. The molecule has 0 bridgehead atoms. The minimum Gasteiger partial charge on any atom is -0.465 e. The number of rotatable bonds is 1. The first-order valence-corrected chi connectivity index (χ1v) is 5.55. The number of carbonyl (C=O) groups is 1. The highest BCUT2D eigenvalue weighted by Crippen LogP contribution is 2.30. The Bertz CT molecular complexity index is 558. The molecular formula is C14H16O3. The number of para-hydroxylation sites is 1. The molecule has 0 atom stereocenters. The number of hydrogen-bond acceptors (Lipinski definition) is 3. The van der Waals surface area contributed by atoms with E-state index in [0.717, 1.165) is 11.1 Å². The third-order valence-electron chi connectivity index (χ3n) is 2.69. The lowest BCUT2D eigenvalue weighted by Crippen LogP contribution is -2.09. The molecule has 3 nitrogen and oxygen atoms in total. The molecule has 17 heavy (non-hydrogen) atoms. The number of furan rings is 1. The fourth-order valence-corrected chi connectivity index (χ4v) is 1.70.